The van der Waals surface area contributed by atoms with Crippen LogP contribution in [-0.4, -0.2) is 21.4 Å². The number of carbonyl (C=O) groups excluding carboxylic acids is 1. The first-order valence-corrected chi connectivity index (χ1v) is 9.42. The Kier molecular flexibility index (Phi) is 3.35. The predicted molar refractivity (Wildman–Crippen MR) is 103 cm³/mol. The molecule has 6 nitrogen and oxygen atoms in total. The average molecular weight is 362 g/mol. The van der Waals surface area contributed by atoms with Crippen molar-refractivity contribution in [3.8, 4) is 0 Å². The molecule has 2 aliphatic carbocycles. The number of primary amides is 1. The monoisotopic (exact) mass is 362 g/mol. The van der Waals surface area contributed by atoms with Crippen LogP contribution in [0.1, 0.15) is 65.2 Å². The van der Waals surface area contributed by atoms with E-state index in [9.17, 15) is 4.79 Å². The number of anilines is 1. The van der Waals surface area contributed by atoms with Gasteiger partial charge in [-0.15, -0.1) is 0 Å². The second-order valence-electron chi connectivity index (χ2n) is 7.98. The van der Waals surface area contributed by atoms with Crippen LogP contribution in [0.25, 0.3) is 11.1 Å². The van der Waals surface area contributed by atoms with Gasteiger partial charge in [0.05, 0.1) is 10.9 Å². The zero-order valence-corrected chi connectivity index (χ0v) is 15.5. The van der Waals surface area contributed by atoms with E-state index in [2.05, 4.69) is 36.5 Å². The fraction of sp³-hybridized carbons (Fsp3) is 0.381. The topological polar surface area (TPSA) is 94.0 Å². The number of nitrogens with zero attached hydrogens (tertiary/aromatic N) is 2. The molecule has 2 aliphatic rings. The fourth-order valence-electron chi connectivity index (χ4n) is 4.09. The summed E-state index contributed by atoms with van der Waals surface area (Å²) in [7, 11) is 0. The molecular formula is C21H22N4O2. The third-order valence-electron chi connectivity index (χ3n) is 5.86. The van der Waals surface area contributed by atoms with Crippen molar-refractivity contribution in [1.29, 1.82) is 0 Å². The van der Waals surface area contributed by atoms with Crippen molar-refractivity contribution in [3.05, 3.63) is 52.5 Å². The summed E-state index contributed by atoms with van der Waals surface area (Å²) in [5.41, 5.74) is 9.05. The number of hydrogen-bond donors (Lipinski definition) is 2. The Balaban J connectivity index is 1.70. The number of benzene rings is 1. The number of carbonyl (C=O) groups is 1. The highest BCUT2D eigenvalue weighted by Gasteiger charge is 2.39. The maximum Gasteiger partial charge on any atom is 0.253 e. The summed E-state index contributed by atoms with van der Waals surface area (Å²) < 4.78 is 5.83. The summed E-state index contributed by atoms with van der Waals surface area (Å²) in [6, 6.07) is 8.45. The molecule has 0 spiro atoms. The van der Waals surface area contributed by atoms with E-state index in [0.717, 1.165) is 31.5 Å². The molecule has 0 radical (unpaired) electrons. The number of fused-ring (bicyclic) bond motifs is 2. The van der Waals surface area contributed by atoms with Gasteiger partial charge in [0, 0.05) is 11.5 Å². The SMILES string of the molecule is Cc1oc2nc(C3CCc4ccccc43)nc(NC3(C)CC3)c2c1C(N)=O. The average Bonchev–Trinajstić information content (AvgIpc) is 3.05. The predicted octanol–water partition coefficient (Wildman–Crippen LogP) is 3.67. The highest BCUT2D eigenvalue weighted by atomic mass is 16.3. The summed E-state index contributed by atoms with van der Waals surface area (Å²) in [6.45, 7) is 3.90. The maximum absolute atomic E-state index is 12.0. The van der Waals surface area contributed by atoms with Gasteiger partial charge in [-0.3, -0.25) is 4.79 Å². The van der Waals surface area contributed by atoms with Gasteiger partial charge in [0.25, 0.3) is 5.91 Å². The molecule has 3 N–H and O–H groups in total. The highest BCUT2D eigenvalue weighted by molar-refractivity contribution is 6.09. The van der Waals surface area contributed by atoms with Crippen molar-refractivity contribution in [2.75, 3.05) is 5.32 Å². The highest BCUT2D eigenvalue weighted by Crippen LogP contribution is 2.42. The number of furan rings is 1. The lowest BCUT2D eigenvalue weighted by Gasteiger charge is -2.16. The van der Waals surface area contributed by atoms with Crippen molar-refractivity contribution in [3.63, 3.8) is 0 Å². The van der Waals surface area contributed by atoms with E-state index in [1.165, 1.54) is 11.1 Å². The van der Waals surface area contributed by atoms with E-state index in [4.69, 9.17) is 20.1 Å². The minimum atomic E-state index is -0.516. The summed E-state index contributed by atoms with van der Waals surface area (Å²) >= 11 is 0. The largest absolute Gasteiger partial charge is 0.442 e. The number of nitrogens with two attached hydrogens (primary N) is 1. The van der Waals surface area contributed by atoms with Crippen molar-refractivity contribution >= 4 is 22.8 Å². The molecular weight excluding hydrogens is 340 g/mol. The van der Waals surface area contributed by atoms with Gasteiger partial charge < -0.3 is 15.5 Å². The molecule has 27 heavy (non-hydrogen) atoms. The first kappa shape index (κ1) is 16.3. The lowest BCUT2D eigenvalue weighted by molar-refractivity contribution is 0.1000. The standard InChI is InChI=1S/C21H22N4O2/c1-11-15(17(22)26)16-19(25-21(2)9-10-21)23-18(24-20(16)27-11)14-8-7-12-5-3-4-6-13(12)14/h3-6,14H,7-10H2,1-2H3,(H2,22,26)(H,23,24,25). The molecule has 1 atom stereocenters. The van der Waals surface area contributed by atoms with Crippen molar-refractivity contribution in [1.82, 2.24) is 9.97 Å². The van der Waals surface area contributed by atoms with E-state index in [1.54, 1.807) is 6.92 Å². The number of rotatable bonds is 4. The molecule has 1 saturated carbocycles. The van der Waals surface area contributed by atoms with E-state index in [-0.39, 0.29) is 11.5 Å². The van der Waals surface area contributed by atoms with Crippen LogP contribution in [0.2, 0.25) is 0 Å². The molecule has 2 heterocycles. The number of hydrogen-bond acceptors (Lipinski definition) is 5. The van der Waals surface area contributed by atoms with Crippen LogP contribution < -0.4 is 11.1 Å². The van der Waals surface area contributed by atoms with Crippen LogP contribution in [0.5, 0.6) is 0 Å². The molecule has 1 unspecified atom stereocenters. The first-order chi connectivity index (χ1) is 13.0. The van der Waals surface area contributed by atoms with Gasteiger partial charge in [0.2, 0.25) is 5.71 Å². The molecule has 6 heteroatoms. The number of aryl methyl sites for hydroxylation is 2. The van der Waals surface area contributed by atoms with Gasteiger partial charge in [-0.1, -0.05) is 24.3 Å². The second kappa shape index (κ2) is 5.55. The Morgan fingerprint density at radius 3 is 2.81 bits per heavy atom. The van der Waals surface area contributed by atoms with E-state index < -0.39 is 5.91 Å². The maximum atomic E-state index is 12.0. The molecule has 0 aliphatic heterocycles. The van der Waals surface area contributed by atoms with Gasteiger partial charge in [0.1, 0.15) is 17.4 Å². The van der Waals surface area contributed by atoms with Gasteiger partial charge in [-0.25, -0.2) is 4.98 Å². The minimum absolute atomic E-state index is 0.00618. The molecule has 1 aromatic carbocycles. The molecule has 2 aromatic heterocycles. The van der Waals surface area contributed by atoms with Gasteiger partial charge in [-0.2, -0.15) is 4.98 Å². The van der Waals surface area contributed by atoms with E-state index in [0.29, 0.717) is 28.2 Å². The van der Waals surface area contributed by atoms with Crippen molar-refractivity contribution < 1.29 is 9.21 Å². The number of aromatic nitrogens is 2. The lowest BCUT2D eigenvalue weighted by atomic mass is 10.0. The van der Waals surface area contributed by atoms with E-state index in [1.807, 2.05) is 0 Å². The van der Waals surface area contributed by atoms with Crippen molar-refractivity contribution in [2.45, 2.75) is 51.0 Å². The fourth-order valence-corrected chi connectivity index (χ4v) is 4.09. The Bertz CT molecular complexity index is 1080. The van der Waals surface area contributed by atoms with Crippen molar-refractivity contribution in [2.24, 2.45) is 5.73 Å². The van der Waals surface area contributed by atoms with Crippen LogP contribution in [-0.2, 0) is 6.42 Å². The summed E-state index contributed by atoms with van der Waals surface area (Å²) in [4.78, 5) is 21.6. The Morgan fingerprint density at radius 2 is 2.07 bits per heavy atom. The van der Waals surface area contributed by atoms with Crippen LogP contribution in [0.3, 0.4) is 0 Å². The summed E-state index contributed by atoms with van der Waals surface area (Å²) in [5.74, 6) is 1.51. The van der Waals surface area contributed by atoms with E-state index >= 15 is 0 Å². The zero-order chi connectivity index (χ0) is 18.8. The van der Waals surface area contributed by atoms with Gasteiger partial charge in [0.15, 0.2) is 0 Å². The van der Waals surface area contributed by atoms with Crippen LogP contribution in [0.4, 0.5) is 5.82 Å². The van der Waals surface area contributed by atoms with Crippen LogP contribution >= 0.6 is 0 Å². The molecule has 0 saturated heterocycles. The van der Waals surface area contributed by atoms with Gasteiger partial charge >= 0.3 is 0 Å². The third-order valence-corrected chi connectivity index (χ3v) is 5.86. The third kappa shape index (κ3) is 2.59. The zero-order valence-electron chi connectivity index (χ0n) is 15.5. The Hall–Kier alpha value is -2.89. The number of amides is 1. The summed E-state index contributed by atoms with van der Waals surface area (Å²) in [5, 5.41) is 4.11. The van der Waals surface area contributed by atoms with Crippen LogP contribution in [0.15, 0.2) is 28.7 Å². The molecule has 1 fully saturated rings. The summed E-state index contributed by atoms with van der Waals surface area (Å²) in [6.07, 6.45) is 4.14. The Labute approximate surface area is 157 Å². The Morgan fingerprint density at radius 1 is 1.30 bits per heavy atom. The minimum Gasteiger partial charge on any atom is -0.442 e. The quantitative estimate of drug-likeness (QED) is 0.738. The molecule has 3 aromatic rings. The van der Waals surface area contributed by atoms with Crippen LogP contribution in [0, 0.1) is 6.92 Å². The number of nitrogens with one attached hydrogen (secondary N) is 1. The molecule has 138 valence electrons. The molecule has 5 rings (SSSR count). The normalized spacial score (nSPS) is 19.9. The smallest absolute Gasteiger partial charge is 0.253 e. The second-order valence-corrected chi connectivity index (χ2v) is 7.98. The molecule has 1 amide bonds. The lowest BCUT2D eigenvalue weighted by Crippen LogP contribution is -2.20. The van der Waals surface area contributed by atoms with Gasteiger partial charge in [-0.05, 0) is 50.7 Å². The molecule has 0 bridgehead atoms. The first-order valence-electron chi connectivity index (χ1n) is 9.42.